The Hall–Kier alpha value is -2.14. The molecule has 0 aliphatic rings. The summed E-state index contributed by atoms with van der Waals surface area (Å²) in [5.74, 6) is -1.21. The largest absolute Gasteiger partial charge is 0.481 e. The van der Waals surface area contributed by atoms with Gasteiger partial charge in [0.15, 0.2) is 0 Å². The molecule has 21 heavy (non-hydrogen) atoms. The molecule has 0 fully saturated rings. The van der Waals surface area contributed by atoms with Gasteiger partial charge < -0.3 is 10.4 Å². The molecule has 0 atom stereocenters. The Kier molecular flexibility index (Phi) is 4.75. The normalized spacial score (nSPS) is 10.2. The van der Waals surface area contributed by atoms with Gasteiger partial charge in [-0.1, -0.05) is 30.3 Å². The minimum atomic E-state index is -0.937. The average Bonchev–Trinajstić information content (AvgIpc) is 2.43. The van der Waals surface area contributed by atoms with Gasteiger partial charge in [0.25, 0.3) is 5.91 Å². The number of rotatable bonds is 4. The van der Waals surface area contributed by atoms with Crippen LogP contribution in [0.25, 0.3) is 0 Å². The lowest BCUT2D eigenvalue weighted by atomic mass is 10.1. The van der Waals surface area contributed by atoms with Crippen LogP contribution in [0.5, 0.6) is 0 Å². The molecule has 1 amide bonds. The smallest absolute Gasteiger partial charge is 0.307 e. The Morgan fingerprint density at radius 2 is 1.86 bits per heavy atom. The van der Waals surface area contributed by atoms with E-state index >= 15 is 0 Å². The number of hydrogen-bond donors (Lipinski definition) is 2. The Bertz CT molecular complexity index is 698. The maximum absolute atomic E-state index is 12.3. The summed E-state index contributed by atoms with van der Waals surface area (Å²) < 4.78 is 0.734. The maximum atomic E-state index is 12.3. The third-order valence-corrected chi connectivity index (χ3v) is 4.10. The molecule has 0 spiro atoms. The third-order valence-electron chi connectivity index (χ3n) is 3.04. The monoisotopic (exact) mass is 347 g/mol. The number of carbonyl (C=O) groups is 2. The van der Waals surface area contributed by atoms with E-state index in [1.165, 1.54) is 0 Å². The standard InChI is InChI=1S/C16H14BrNO3/c1-10-5-4-7-12(15(10)17)16(21)18-13-8-3-2-6-11(13)9-14(19)20/h2-8H,9H2,1H3,(H,18,21)(H,19,20). The zero-order chi connectivity index (χ0) is 15.4. The van der Waals surface area contributed by atoms with Crippen molar-refractivity contribution in [1.29, 1.82) is 0 Å². The van der Waals surface area contributed by atoms with Crippen LogP contribution in [0.15, 0.2) is 46.9 Å². The fourth-order valence-corrected chi connectivity index (χ4v) is 2.42. The average molecular weight is 348 g/mol. The molecule has 2 aromatic carbocycles. The van der Waals surface area contributed by atoms with Gasteiger partial charge in [-0.2, -0.15) is 0 Å². The van der Waals surface area contributed by atoms with E-state index in [2.05, 4.69) is 21.2 Å². The predicted octanol–water partition coefficient (Wildman–Crippen LogP) is 3.64. The molecule has 0 aromatic heterocycles. The van der Waals surface area contributed by atoms with Gasteiger partial charge in [-0.05, 0) is 46.1 Å². The number of para-hydroxylation sites is 1. The molecule has 0 aliphatic heterocycles. The van der Waals surface area contributed by atoms with Crippen LogP contribution in [-0.4, -0.2) is 17.0 Å². The van der Waals surface area contributed by atoms with Gasteiger partial charge in [0.05, 0.1) is 12.0 Å². The number of halogens is 1. The number of carbonyl (C=O) groups excluding carboxylic acids is 1. The molecule has 0 aliphatic carbocycles. The fraction of sp³-hybridized carbons (Fsp3) is 0.125. The number of carboxylic acids is 1. The topological polar surface area (TPSA) is 66.4 Å². The SMILES string of the molecule is Cc1cccc(C(=O)Nc2ccccc2CC(=O)O)c1Br. The molecular formula is C16H14BrNO3. The summed E-state index contributed by atoms with van der Waals surface area (Å²) in [7, 11) is 0. The number of hydrogen-bond acceptors (Lipinski definition) is 2. The van der Waals surface area contributed by atoms with Crippen LogP contribution in [-0.2, 0) is 11.2 Å². The van der Waals surface area contributed by atoms with E-state index in [9.17, 15) is 9.59 Å². The van der Waals surface area contributed by atoms with Crippen LogP contribution in [0.4, 0.5) is 5.69 Å². The van der Waals surface area contributed by atoms with Crippen molar-refractivity contribution in [1.82, 2.24) is 0 Å². The fourth-order valence-electron chi connectivity index (χ4n) is 1.97. The number of aliphatic carboxylic acids is 1. The highest BCUT2D eigenvalue weighted by atomic mass is 79.9. The summed E-state index contributed by atoms with van der Waals surface area (Å²) >= 11 is 3.40. The molecule has 108 valence electrons. The molecule has 0 unspecified atom stereocenters. The van der Waals surface area contributed by atoms with Crippen molar-refractivity contribution in [3.63, 3.8) is 0 Å². The van der Waals surface area contributed by atoms with E-state index in [1.54, 1.807) is 36.4 Å². The van der Waals surface area contributed by atoms with E-state index in [0.29, 0.717) is 16.8 Å². The highest BCUT2D eigenvalue weighted by molar-refractivity contribution is 9.10. The van der Waals surface area contributed by atoms with Crippen molar-refractivity contribution in [2.24, 2.45) is 0 Å². The number of aryl methyl sites for hydroxylation is 1. The van der Waals surface area contributed by atoms with E-state index < -0.39 is 5.97 Å². The number of anilines is 1. The summed E-state index contributed by atoms with van der Waals surface area (Å²) in [6.45, 7) is 1.90. The van der Waals surface area contributed by atoms with Crippen LogP contribution in [0.3, 0.4) is 0 Å². The Morgan fingerprint density at radius 3 is 2.57 bits per heavy atom. The van der Waals surface area contributed by atoms with E-state index in [0.717, 1.165) is 10.0 Å². The molecule has 0 saturated carbocycles. The van der Waals surface area contributed by atoms with Crippen molar-refractivity contribution >= 4 is 33.5 Å². The molecule has 0 saturated heterocycles. The Morgan fingerprint density at radius 1 is 1.14 bits per heavy atom. The summed E-state index contributed by atoms with van der Waals surface area (Å²) in [6, 6.07) is 12.3. The van der Waals surface area contributed by atoms with Crippen LogP contribution in [0.1, 0.15) is 21.5 Å². The molecule has 0 heterocycles. The summed E-state index contributed by atoms with van der Waals surface area (Å²) in [4.78, 5) is 23.2. The lowest BCUT2D eigenvalue weighted by Crippen LogP contribution is -2.15. The third kappa shape index (κ3) is 3.70. The van der Waals surface area contributed by atoms with Gasteiger partial charge >= 0.3 is 5.97 Å². The minimum Gasteiger partial charge on any atom is -0.481 e. The van der Waals surface area contributed by atoms with Crippen LogP contribution in [0.2, 0.25) is 0 Å². The quantitative estimate of drug-likeness (QED) is 0.887. The number of carboxylic acid groups (broad SMARTS) is 1. The second kappa shape index (κ2) is 6.54. The highest BCUT2D eigenvalue weighted by Crippen LogP contribution is 2.23. The first kappa shape index (κ1) is 15.3. The number of amides is 1. The van der Waals surface area contributed by atoms with Crippen molar-refractivity contribution in [2.75, 3.05) is 5.32 Å². The van der Waals surface area contributed by atoms with Gasteiger partial charge in [-0.15, -0.1) is 0 Å². The first-order valence-corrected chi connectivity index (χ1v) is 7.14. The lowest BCUT2D eigenvalue weighted by molar-refractivity contribution is -0.136. The molecule has 5 heteroatoms. The molecule has 2 aromatic rings. The maximum Gasteiger partial charge on any atom is 0.307 e. The van der Waals surface area contributed by atoms with Crippen LogP contribution < -0.4 is 5.32 Å². The van der Waals surface area contributed by atoms with E-state index in [1.807, 2.05) is 13.0 Å². The van der Waals surface area contributed by atoms with Crippen LogP contribution in [0, 0.1) is 6.92 Å². The first-order chi connectivity index (χ1) is 9.99. The number of benzene rings is 2. The van der Waals surface area contributed by atoms with Gasteiger partial charge in [0.2, 0.25) is 0 Å². The van der Waals surface area contributed by atoms with E-state index in [-0.39, 0.29) is 12.3 Å². The van der Waals surface area contributed by atoms with Gasteiger partial charge in [-0.3, -0.25) is 9.59 Å². The van der Waals surface area contributed by atoms with Crippen LogP contribution >= 0.6 is 15.9 Å². The van der Waals surface area contributed by atoms with E-state index in [4.69, 9.17) is 5.11 Å². The predicted molar refractivity (Wildman–Crippen MR) is 84.6 cm³/mol. The molecule has 0 bridgehead atoms. The summed E-state index contributed by atoms with van der Waals surface area (Å²) in [6.07, 6.45) is -0.133. The van der Waals surface area contributed by atoms with Gasteiger partial charge in [0, 0.05) is 10.2 Å². The lowest BCUT2D eigenvalue weighted by Gasteiger charge is -2.11. The Balaban J connectivity index is 2.28. The first-order valence-electron chi connectivity index (χ1n) is 6.35. The summed E-state index contributed by atoms with van der Waals surface area (Å²) in [5, 5.41) is 11.7. The van der Waals surface area contributed by atoms with Gasteiger partial charge in [0.1, 0.15) is 0 Å². The second-order valence-corrected chi connectivity index (χ2v) is 5.41. The zero-order valence-corrected chi connectivity index (χ0v) is 13.0. The Labute approximate surface area is 130 Å². The minimum absolute atomic E-state index is 0.133. The van der Waals surface area contributed by atoms with Crippen molar-refractivity contribution < 1.29 is 14.7 Å². The zero-order valence-electron chi connectivity index (χ0n) is 11.4. The molecule has 2 N–H and O–H groups in total. The molecule has 2 rings (SSSR count). The molecule has 0 radical (unpaired) electrons. The van der Waals surface area contributed by atoms with Gasteiger partial charge in [-0.25, -0.2) is 0 Å². The van der Waals surface area contributed by atoms with Crippen molar-refractivity contribution in [3.05, 3.63) is 63.6 Å². The molecule has 4 nitrogen and oxygen atoms in total. The summed E-state index contributed by atoms with van der Waals surface area (Å²) in [5.41, 5.74) is 2.56. The number of nitrogens with one attached hydrogen (secondary N) is 1. The molecular weight excluding hydrogens is 334 g/mol. The highest BCUT2D eigenvalue weighted by Gasteiger charge is 2.14. The second-order valence-electron chi connectivity index (χ2n) is 4.62. The van der Waals surface area contributed by atoms with Crippen molar-refractivity contribution in [3.8, 4) is 0 Å². The van der Waals surface area contributed by atoms with Crippen molar-refractivity contribution in [2.45, 2.75) is 13.3 Å².